The molecule has 7 nitrogen and oxygen atoms in total. The number of carbonyl (C=O) groups is 2. The van der Waals surface area contributed by atoms with Gasteiger partial charge < -0.3 is 15.4 Å². The highest BCUT2D eigenvalue weighted by Gasteiger charge is 2.25. The summed E-state index contributed by atoms with van der Waals surface area (Å²) in [6, 6.07) is -0.266. The molecule has 0 radical (unpaired) electrons. The third-order valence-electron chi connectivity index (χ3n) is 3.52. The van der Waals surface area contributed by atoms with Gasteiger partial charge in [0, 0.05) is 25.9 Å². The summed E-state index contributed by atoms with van der Waals surface area (Å²) in [4.78, 5) is 29.7. The van der Waals surface area contributed by atoms with Crippen LogP contribution < -0.4 is 10.6 Å². The number of nitrogens with zero attached hydrogens (tertiary/aromatic N) is 1. The second-order valence-corrected chi connectivity index (χ2v) is 5.25. The van der Waals surface area contributed by atoms with Crippen molar-refractivity contribution in [3.63, 3.8) is 0 Å². The molecule has 0 saturated heterocycles. The lowest BCUT2D eigenvalue weighted by molar-refractivity contribution is -0.137. The highest BCUT2D eigenvalue weighted by molar-refractivity contribution is 5.82. The summed E-state index contributed by atoms with van der Waals surface area (Å²) >= 11 is 0. The van der Waals surface area contributed by atoms with Crippen LogP contribution in [0.5, 0.6) is 0 Å². The Balaban J connectivity index is 1.74. The molecule has 0 aliphatic carbocycles. The number of hydrogen-bond donors (Lipinski definition) is 4. The molecule has 0 bridgehead atoms. The Morgan fingerprint density at radius 3 is 3.15 bits per heavy atom. The minimum atomic E-state index is -0.803. The van der Waals surface area contributed by atoms with E-state index in [0.717, 1.165) is 11.4 Å². The van der Waals surface area contributed by atoms with Crippen molar-refractivity contribution in [2.45, 2.75) is 38.8 Å². The molecule has 4 N–H and O–H groups in total. The van der Waals surface area contributed by atoms with Gasteiger partial charge in [-0.2, -0.15) is 0 Å². The minimum Gasteiger partial charge on any atom is -0.481 e. The fraction of sp³-hybridized carbons (Fsp3) is 0.615. The van der Waals surface area contributed by atoms with Crippen LogP contribution in [0.3, 0.4) is 0 Å². The first kappa shape index (κ1) is 14.5. The van der Waals surface area contributed by atoms with E-state index >= 15 is 0 Å². The average molecular weight is 280 g/mol. The number of carboxylic acid groups (broad SMARTS) is 1. The Morgan fingerprint density at radius 2 is 2.40 bits per heavy atom. The summed E-state index contributed by atoms with van der Waals surface area (Å²) in [5, 5.41) is 14.6. The predicted molar refractivity (Wildman–Crippen MR) is 72.0 cm³/mol. The van der Waals surface area contributed by atoms with Gasteiger partial charge >= 0.3 is 5.97 Å². The van der Waals surface area contributed by atoms with Crippen molar-refractivity contribution >= 4 is 11.9 Å². The van der Waals surface area contributed by atoms with Crippen LogP contribution in [-0.4, -0.2) is 39.5 Å². The molecule has 2 unspecified atom stereocenters. The highest BCUT2D eigenvalue weighted by atomic mass is 16.4. The van der Waals surface area contributed by atoms with Crippen molar-refractivity contribution in [1.29, 1.82) is 0 Å². The van der Waals surface area contributed by atoms with Crippen molar-refractivity contribution in [2.24, 2.45) is 5.92 Å². The smallest absolute Gasteiger partial charge is 0.303 e. The van der Waals surface area contributed by atoms with Crippen molar-refractivity contribution in [3.05, 3.63) is 17.7 Å². The summed E-state index contributed by atoms with van der Waals surface area (Å²) in [5.41, 5.74) is 1.96. The number of nitrogens with one attached hydrogen (secondary N) is 3. The molecule has 0 fully saturated rings. The van der Waals surface area contributed by atoms with E-state index in [1.54, 1.807) is 6.33 Å². The zero-order chi connectivity index (χ0) is 14.5. The number of carboxylic acids is 1. The fourth-order valence-electron chi connectivity index (χ4n) is 2.22. The molecular weight excluding hydrogens is 260 g/mol. The number of rotatable bonds is 6. The van der Waals surface area contributed by atoms with Gasteiger partial charge in [-0.15, -0.1) is 0 Å². The Hall–Kier alpha value is -1.89. The SMILES string of the molecule is CC(CCC(=O)O)CNC(=O)C1Cc2nc[nH]c2CN1. The third kappa shape index (κ3) is 3.80. The van der Waals surface area contributed by atoms with Gasteiger partial charge in [0.2, 0.25) is 5.91 Å². The number of fused-ring (bicyclic) bond motifs is 1. The van der Waals surface area contributed by atoms with Crippen LogP contribution in [0.2, 0.25) is 0 Å². The Labute approximate surface area is 117 Å². The van der Waals surface area contributed by atoms with E-state index in [0.29, 0.717) is 25.9 Å². The van der Waals surface area contributed by atoms with E-state index in [1.165, 1.54) is 0 Å². The second kappa shape index (κ2) is 6.51. The van der Waals surface area contributed by atoms with Gasteiger partial charge in [0.1, 0.15) is 0 Å². The maximum absolute atomic E-state index is 12.0. The van der Waals surface area contributed by atoms with E-state index in [4.69, 9.17) is 5.11 Å². The molecule has 110 valence electrons. The first-order valence-electron chi connectivity index (χ1n) is 6.80. The van der Waals surface area contributed by atoms with Crippen molar-refractivity contribution in [3.8, 4) is 0 Å². The van der Waals surface area contributed by atoms with Gasteiger partial charge in [-0.05, 0) is 12.3 Å². The van der Waals surface area contributed by atoms with Crippen LogP contribution in [0.15, 0.2) is 6.33 Å². The summed E-state index contributed by atoms with van der Waals surface area (Å²) in [6.07, 6.45) is 2.92. The molecule has 20 heavy (non-hydrogen) atoms. The molecule has 2 heterocycles. The number of hydrogen-bond acceptors (Lipinski definition) is 4. The van der Waals surface area contributed by atoms with E-state index in [2.05, 4.69) is 20.6 Å². The van der Waals surface area contributed by atoms with Crippen LogP contribution >= 0.6 is 0 Å². The molecule has 1 aliphatic rings. The highest BCUT2D eigenvalue weighted by Crippen LogP contribution is 2.12. The molecule has 1 aliphatic heterocycles. The average Bonchev–Trinajstić information content (AvgIpc) is 2.89. The number of aromatic amines is 1. The normalized spacial score (nSPS) is 19.1. The molecule has 0 aromatic carbocycles. The summed E-state index contributed by atoms with van der Waals surface area (Å²) in [6.45, 7) is 3.04. The minimum absolute atomic E-state index is 0.0548. The van der Waals surface area contributed by atoms with Gasteiger partial charge in [0.05, 0.1) is 23.8 Å². The Kier molecular flexibility index (Phi) is 4.73. The molecule has 2 rings (SSSR count). The number of aromatic nitrogens is 2. The standard InChI is InChI=1S/C13H20N4O3/c1-8(2-3-12(18)19)5-15-13(20)10-4-9-11(6-14-10)17-7-16-9/h7-8,10,14H,2-6H2,1H3,(H,15,20)(H,16,17)(H,18,19). The van der Waals surface area contributed by atoms with E-state index in [-0.39, 0.29) is 24.3 Å². The van der Waals surface area contributed by atoms with Gasteiger partial charge in [-0.1, -0.05) is 6.92 Å². The monoisotopic (exact) mass is 280 g/mol. The molecule has 0 saturated carbocycles. The summed E-state index contributed by atoms with van der Waals surface area (Å²) in [5.74, 6) is -0.705. The van der Waals surface area contributed by atoms with Gasteiger partial charge in [-0.3, -0.25) is 14.9 Å². The van der Waals surface area contributed by atoms with E-state index < -0.39 is 5.97 Å². The van der Waals surface area contributed by atoms with Crippen LogP contribution in [0, 0.1) is 5.92 Å². The summed E-state index contributed by atoms with van der Waals surface area (Å²) in [7, 11) is 0. The zero-order valence-electron chi connectivity index (χ0n) is 11.5. The topological polar surface area (TPSA) is 107 Å². The number of carbonyl (C=O) groups excluding carboxylic acids is 1. The largest absolute Gasteiger partial charge is 0.481 e. The van der Waals surface area contributed by atoms with Gasteiger partial charge in [-0.25, -0.2) is 4.98 Å². The van der Waals surface area contributed by atoms with Crippen LogP contribution in [0.25, 0.3) is 0 Å². The molecule has 0 spiro atoms. The molecular formula is C13H20N4O3. The Bertz CT molecular complexity index is 486. The number of aliphatic carboxylic acids is 1. The first-order valence-corrected chi connectivity index (χ1v) is 6.80. The lowest BCUT2D eigenvalue weighted by Gasteiger charge is -2.23. The van der Waals surface area contributed by atoms with Crippen molar-refractivity contribution in [2.75, 3.05) is 6.54 Å². The lowest BCUT2D eigenvalue weighted by Crippen LogP contribution is -2.48. The third-order valence-corrected chi connectivity index (χ3v) is 3.52. The second-order valence-electron chi connectivity index (χ2n) is 5.25. The maximum atomic E-state index is 12.0. The first-order chi connectivity index (χ1) is 9.56. The number of imidazole rings is 1. The summed E-state index contributed by atoms with van der Waals surface area (Å²) < 4.78 is 0. The zero-order valence-corrected chi connectivity index (χ0v) is 11.5. The van der Waals surface area contributed by atoms with E-state index in [1.807, 2.05) is 6.92 Å². The molecule has 7 heteroatoms. The van der Waals surface area contributed by atoms with Crippen LogP contribution in [0.4, 0.5) is 0 Å². The van der Waals surface area contributed by atoms with Gasteiger partial charge in [0.25, 0.3) is 0 Å². The number of H-pyrrole nitrogens is 1. The Morgan fingerprint density at radius 1 is 1.60 bits per heavy atom. The number of amides is 1. The van der Waals surface area contributed by atoms with Crippen molar-refractivity contribution in [1.82, 2.24) is 20.6 Å². The maximum Gasteiger partial charge on any atom is 0.303 e. The predicted octanol–water partition coefficient (Wildman–Crippen LogP) is 0.0411. The molecule has 1 aromatic rings. The molecule has 1 aromatic heterocycles. The van der Waals surface area contributed by atoms with Gasteiger partial charge in [0.15, 0.2) is 0 Å². The molecule has 2 atom stereocenters. The fourth-order valence-corrected chi connectivity index (χ4v) is 2.22. The van der Waals surface area contributed by atoms with Crippen molar-refractivity contribution < 1.29 is 14.7 Å². The lowest BCUT2D eigenvalue weighted by atomic mass is 10.0. The molecule has 1 amide bonds. The van der Waals surface area contributed by atoms with Crippen LogP contribution in [-0.2, 0) is 22.6 Å². The van der Waals surface area contributed by atoms with E-state index in [9.17, 15) is 9.59 Å². The van der Waals surface area contributed by atoms with Crippen LogP contribution in [0.1, 0.15) is 31.2 Å². The quantitative estimate of drug-likeness (QED) is 0.588.